The lowest BCUT2D eigenvalue weighted by atomic mass is 9.84. The molecule has 0 atom stereocenters. The molecule has 1 heterocycles. The molecule has 2 aromatic carbocycles. The first-order valence-electron chi connectivity index (χ1n) is 8.47. The van der Waals surface area contributed by atoms with E-state index in [1.807, 2.05) is 30.5 Å². The number of hydrogen-bond donors (Lipinski definition) is 1. The van der Waals surface area contributed by atoms with E-state index in [9.17, 15) is 0 Å². The number of rotatable bonds is 3. The highest BCUT2D eigenvalue weighted by Gasteiger charge is 2.15. The Morgan fingerprint density at radius 1 is 0.875 bits per heavy atom. The molecule has 1 aromatic heterocycles. The van der Waals surface area contributed by atoms with Gasteiger partial charge in [0.1, 0.15) is 0 Å². The summed E-state index contributed by atoms with van der Waals surface area (Å²) in [7, 11) is 0. The van der Waals surface area contributed by atoms with Crippen LogP contribution in [0.4, 0.5) is 11.6 Å². The zero-order chi connectivity index (χ0) is 15.5. The second-order valence-electron chi connectivity index (χ2n) is 6.33. The number of anilines is 2. The molecule has 24 heavy (non-hydrogen) atoms. The number of nitrogens with zero attached hydrogens (tertiary/aromatic N) is 2. The summed E-state index contributed by atoms with van der Waals surface area (Å²) >= 11 is 0. The Morgan fingerprint density at radius 3 is 2.42 bits per heavy atom. The van der Waals surface area contributed by atoms with Crippen molar-refractivity contribution in [1.29, 1.82) is 0 Å². The van der Waals surface area contributed by atoms with Gasteiger partial charge in [-0.2, -0.15) is 0 Å². The van der Waals surface area contributed by atoms with Crippen LogP contribution in [0, 0.1) is 0 Å². The molecule has 1 N–H and O–H groups in total. The molecule has 0 radical (unpaired) electrons. The summed E-state index contributed by atoms with van der Waals surface area (Å²) in [4.78, 5) is 8.95. The van der Waals surface area contributed by atoms with Gasteiger partial charge in [0.25, 0.3) is 0 Å². The van der Waals surface area contributed by atoms with Gasteiger partial charge in [0.15, 0.2) is 0 Å². The molecule has 1 aliphatic rings. The van der Waals surface area contributed by atoms with E-state index in [1.165, 1.54) is 37.7 Å². The van der Waals surface area contributed by atoms with Crippen molar-refractivity contribution in [3.63, 3.8) is 0 Å². The lowest BCUT2D eigenvalue weighted by Crippen LogP contribution is -2.04. The molecule has 124 valence electrons. The van der Waals surface area contributed by atoms with Gasteiger partial charge in [0.2, 0.25) is 5.95 Å². The van der Waals surface area contributed by atoms with E-state index in [2.05, 4.69) is 39.6 Å². The maximum atomic E-state index is 4.56. The predicted molar refractivity (Wildman–Crippen MR) is 102 cm³/mol. The highest BCUT2D eigenvalue weighted by Crippen LogP contribution is 2.33. The summed E-state index contributed by atoms with van der Waals surface area (Å²) in [5.74, 6) is 1.39. The molecule has 1 saturated carbocycles. The van der Waals surface area contributed by atoms with E-state index in [1.54, 1.807) is 0 Å². The summed E-state index contributed by atoms with van der Waals surface area (Å²) in [6.45, 7) is 0. The van der Waals surface area contributed by atoms with Crippen LogP contribution < -0.4 is 5.32 Å². The van der Waals surface area contributed by atoms with Gasteiger partial charge >= 0.3 is 0 Å². The highest BCUT2D eigenvalue weighted by atomic mass is 35.5. The van der Waals surface area contributed by atoms with Gasteiger partial charge in [-0.15, -0.1) is 12.4 Å². The molecule has 1 aliphatic carbocycles. The highest BCUT2D eigenvalue weighted by molar-refractivity contribution is 5.85. The third-order valence-corrected chi connectivity index (χ3v) is 4.73. The molecule has 3 nitrogen and oxygen atoms in total. The van der Waals surface area contributed by atoms with Gasteiger partial charge in [-0.1, -0.05) is 49.6 Å². The van der Waals surface area contributed by atoms with Crippen molar-refractivity contribution in [2.45, 2.75) is 38.0 Å². The molecule has 1 fully saturated rings. The van der Waals surface area contributed by atoms with E-state index in [4.69, 9.17) is 0 Å². The van der Waals surface area contributed by atoms with Crippen molar-refractivity contribution in [3.05, 3.63) is 60.3 Å². The first-order chi connectivity index (χ1) is 11.4. The molecule has 4 heteroatoms. The van der Waals surface area contributed by atoms with Gasteiger partial charge in [0, 0.05) is 17.3 Å². The van der Waals surface area contributed by atoms with Gasteiger partial charge in [-0.3, -0.25) is 0 Å². The standard InChI is InChI=1S/C20H21N3.ClH/c1-2-6-15(7-3-1)16-10-12-18(13-11-16)22-20-21-14-17-8-4-5-9-19(17)23-20;/h4-5,8-15H,1-3,6-7H2,(H,21,22,23);1H. The lowest BCUT2D eigenvalue weighted by molar-refractivity contribution is 0.443. The summed E-state index contributed by atoms with van der Waals surface area (Å²) < 4.78 is 0. The number of aromatic nitrogens is 2. The average Bonchev–Trinajstić information content (AvgIpc) is 2.63. The topological polar surface area (TPSA) is 37.8 Å². The minimum atomic E-state index is 0. The zero-order valence-electron chi connectivity index (χ0n) is 13.6. The average molecular weight is 340 g/mol. The van der Waals surface area contributed by atoms with Crippen LogP contribution in [0.25, 0.3) is 10.9 Å². The molecular formula is C20H22ClN3. The van der Waals surface area contributed by atoms with Crippen molar-refractivity contribution in [2.75, 3.05) is 5.32 Å². The van der Waals surface area contributed by atoms with Crippen molar-refractivity contribution in [1.82, 2.24) is 9.97 Å². The SMILES string of the molecule is Cl.c1ccc2nc(Nc3ccc(C4CCCCC4)cc3)ncc2c1. The quantitative estimate of drug-likeness (QED) is 0.651. The van der Waals surface area contributed by atoms with Crippen molar-refractivity contribution < 1.29 is 0 Å². The second-order valence-corrected chi connectivity index (χ2v) is 6.33. The Labute approximate surface area is 148 Å². The Hall–Kier alpha value is -2.13. The molecule has 0 unspecified atom stereocenters. The van der Waals surface area contributed by atoms with E-state index in [0.717, 1.165) is 22.5 Å². The second kappa shape index (κ2) is 7.63. The molecule has 0 aliphatic heterocycles. The van der Waals surface area contributed by atoms with E-state index >= 15 is 0 Å². The third-order valence-electron chi connectivity index (χ3n) is 4.73. The van der Waals surface area contributed by atoms with Gasteiger partial charge in [0.05, 0.1) is 5.52 Å². The first-order valence-corrected chi connectivity index (χ1v) is 8.47. The minimum absolute atomic E-state index is 0. The third kappa shape index (κ3) is 3.68. The number of benzene rings is 2. The zero-order valence-corrected chi connectivity index (χ0v) is 14.4. The number of hydrogen-bond acceptors (Lipinski definition) is 3. The maximum Gasteiger partial charge on any atom is 0.227 e. The fourth-order valence-electron chi connectivity index (χ4n) is 3.44. The smallest absolute Gasteiger partial charge is 0.227 e. The van der Waals surface area contributed by atoms with Crippen LogP contribution in [0.15, 0.2) is 54.7 Å². The summed E-state index contributed by atoms with van der Waals surface area (Å²) in [6, 6.07) is 16.8. The molecule has 0 saturated heterocycles. The van der Waals surface area contributed by atoms with Crippen LogP contribution in [-0.2, 0) is 0 Å². The molecule has 0 spiro atoms. The molecule has 0 bridgehead atoms. The molecule has 0 amide bonds. The molecule has 4 rings (SSSR count). The van der Waals surface area contributed by atoms with Crippen LogP contribution in [0.2, 0.25) is 0 Å². The van der Waals surface area contributed by atoms with E-state index < -0.39 is 0 Å². The Balaban J connectivity index is 0.00000169. The normalized spacial score (nSPS) is 15.0. The summed E-state index contributed by atoms with van der Waals surface area (Å²) in [5.41, 5.74) is 3.47. The summed E-state index contributed by atoms with van der Waals surface area (Å²) in [5, 5.41) is 4.36. The first kappa shape index (κ1) is 16.7. The van der Waals surface area contributed by atoms with E-state index in [0.29, 0.717) is 5.95 Å². The Morgan fingerprint density at radius 2 is 1.62 bits per heavy atom. The number of halogens is 1. The predicted octanol–water partition coefficient (Wildman–Crippen LogP) is 5.84. The number of nitrogens with one attached hydrogen (secondary N) is 1. The lowest BCUT2D eigenvalue weighted by Gasteiger charge is -2.22. The van der Waals surface area contributed by atoms with Gasteiger partial charge in [-0.25, -0.2) is 9.97 Å². The van der Waals surface area contributed by atoms with Gasteiger partial charge in [-0.05, 0) is 42.5 Å². The number of fused-ring (bicyclic) bond motifs is 1. The molecule has 3 aromatic rings. The monoisotopic (exact) mass is 339 g/mol. The summed E-state index contributed by atoms with van der Waals surface area (Å²) in [6.07, 6.45) is 8.67. The Kier molecular flexibility index (Phi) is 5.31. The van der Waals surface area contributed by atoms with E-state index in [-0.39, 0.29) is 12.4 Å². The maximum absolute atomic E-state index is 4.56. The largest absolute Gasteiger partial charge is 0.324 e. The van der Waals surface area contributed by atoms with Crippen LogP contribution in [0.5, 0.6) is 0 Å². The number of para-hydroxylation sites is 1. The van der Waals surface area contributed by atoms with Crippen LogP contribution in [0.1, 0.15) is 43.6 Å². The van der Waals surface area contributed by atoms with Crippen molar-refractivity contribution in [2.24, 2.45) is 0 Å². The van der Waals surface area contributed by atoms with Crippen LogP contribution in [-0.4, -0.2) is 9.97 Å². The van der Waals surface area contributed by atoms with Crippen LogP contribution >= 0.6 is 12.4 Å². The van der Waals surface area contributed by atoms with Crippen LogP contribution in [0.3, 0.4) is 0 Å². The Bertz CT molecular complexity index is 795. The van der Waals surface area contributed by atoms with Gasteiger partial charge < -0.3 is 5.32 Å². The van der Waals surface area contributed by atoms with Crippen molar-refractivity contribution >= 4 is 34.9 Å². The van der Waals surface area contributed by atoms with Crippen molar-refractivity contribution in [3.8, 4) is 0 Å². The fourth-order valence-corrected chi connectivity index (χ4v) is 3.44. The minimum Gasteiger partial charge on any atom is -0.324 e. The molecular weight excluding hydrogens is 318 g/mol. The fraction of sp³-hybridized carbons (Fsp3) is 0.300.